The molecule has 0 aliphatic rings. The van der Waals surface area contributed by atoms with E-state index in [9.17, 15) is 4.21 Å². The summed E-state index contributed by atoms with van der Waals surface area (Å²) in [6.07, 6.45) is 0. The van der Waals surface area contributed by atoms with Crippen molar-refractivity contribution in [2.24, 2.45) is 0 Å². The number of benzene rings is 2. The number of hydrogen-bond acceptors (Lipinski definition) is 2. The average molecular weight is 308 g/mol. The fraction of sp³-hybridized carbons (Fsp3) is 0.200. The number of hydrogen-bond donors (Lipinski definition) is 1. The van der Waals surface area contributed by atoms with E-state index >= 15 is 0 Å². The number of rotatable bonds is 6. The Balaban J connectivity index is 2.27. The van der Waals surface area contributed by atoms with Crippen LogP contribution in [0.5, 0.6) is 0 Å². The van der Waals surface area contributed by atoms with Crippen LogP contribution in [0, 0.1) is 0 Å². The third kappa shape index (κ3) is 4.22. The van der Waals surface area contributed by atoms with Gasteiger partial charge in [-0.1, -0.05) is 67.6 Å². The molecule has 0 saturated carbocycles. The summed E-state index contributed by atoms with van der Waals surface area (Å²) in [5.74, 6) is 0. The Bertz CT molecular complexity index is 508. The van der Waals surface area contributed by atoms with Gasteiger partial charge in [-0.2, -0.15) is 4.21 Å². The molecule has 0 radical (unpaired) electrons. The lowest BCUT2D eigenvalue weighted by atomic mass is 10.4. The van der Waals surface area contributed by atoms with Gasteiger partial charge in [0.05, 0.1) is 6.61 Å². The highest BCUT2D eigenvalue weighted by atomic mass is 32.2. The molecule has 2 rings (SSSR count). The van der Waals surface area contributed by atoms with Gasteiger partial charge in [0.25, 0.3) is 0 Å². The molecule has 20 heavy (non-hydrogen) atoms. The summed E-state index contributed by atoms with van der Waals surface area (Å²) in [5.41, 5.74) is 0.158. The minimum absolute atomic E-state index is 0.158. The van der Waals surface area contributed by atoms with Crippen LogP contribution in [0.15, 0.2) is 60.7 Å². The smallest absolute Gasteiger partial charge is 0.284 e. The first-order valence-corrected chi connectivity index (χ1v) is 8.76. The van der Waals surface area contributed by atoms with Gasteiger partial charge >= 0.3 is 11.4 Å². The summed E-state index contributed by atoms with van der Waals surface area (Å²) in [4.78, 5) is 0. The molecule has 2 aromatic carbocycles. The minimum Gasteiger partial charge on any atom is -0.284 e. The van der Waals surface area contributed by atoms with Crippen LogP contribution < -0.4 is 10.6 Å². The van der Waals surface area contributed by atoms with Gasteiger partial charge in [0.15, 0.2) is 0 Å². The van der Waals surface area contributed by atoms with Crippen molar-refractivity contribution in [2.75, 3.05) is 6.61 Å². The van der Waals surface area contributed by atoms with Gasteiger partial charge < -0.3 is 0 Å². The fourth-order valence-corrected chi connectivity index (χ4v) is 5.01. The van der Waals surface area contributed by atoms with Gasteiger partial charge in [0, 0.05) is 5.66 Å². The predicted molar refractivity (Wildman–Crippen MR) is 85.3 cm³/mol. The Hall–Kier alpha value is -1.06. The second kappa shape index (κ2) is 7.65. The molecule has 2 atom stereocenters. The molecule has 0 aliphatic heterocycles. The molecule has 2 aromatic rings. The standard InChI is InChI=1S/C15H17O3PS/c1-13(12-18-20(16)17)19(14-8-4-2-5-9-14)15-10-6-3-7-11-15/h2-11,13H,12H2,1H3,(H,16,17). The Morgan fingerprint density at radius 1 is 1.05 bits per heavy atom. The average Bonchev–Trinajstić information content (AvgIpc) is 2.48. The zero-order chi connectivity index (χ0) is 14.4. The first kappa shape index (κ1) is 15.3. The highest BCUT2D eigenvalue weighted by Crippen LogP contribution is 2.39. The van der Waals surface area contributed by atoms with E-state index in [0.29, 0.717) is 0 Å². The molecule has 0 amide bonds. The molecular weight excluding hydrogens is 291 g/mol. The molecule has 3 nitrogen and oxygen atoms in total. The van der Waals surface area contributed by atoms with E-state index in [2.05, 4.69) is 31.2 Å². The maximum Gasteiger partial charge on any atom is 0.301 e. The predicted octanol–water partition coefficient (Wildman–Crippen LogP) is 2.66. The summed E-state index contributed by atoms with van der Waals surface area (Å²) in [6.45, 7) is 2.32. The van der Waals surface area contributed by atoms with Gasteiger partial charge in [-0.05, 0) is 18.5 Å². The second-order valence-corrected chi connectivity index (χ2v) is 7.72. The van der Waals surface area contributed by atoms with Crippen LogP contribution in [0.4, 0.5) is 0 Å². The van der Waals surface area contributed by atoms with Gasteiger partial charge in [-0.25, -0.2) is 0 Å². The first-order valence-electron chi connectivity index (χ1n) is 6.32. The normalized spacial score (nSPS) is 14.2. The Kier molecular flexibility index (Phi) is 5.86. The molecule has 0 heterocycles. The van der Waals surface area contributed by atoms with Crippen molar-refractivity contribution < 1.29 is 12.9 Å². The van der Waals surface area contributed by atoms with Gasteiger partial charge in [0.2, 0.25) is 0 Å². The summed E-state index contributed by atoms with van der Waals surface area (Å²) >= 11 is -2.21. The molecule has 0 bridgehead atoms. The van der Waals surface area contributed by atoms with E-state index in [1.54, 1.807) is 0 Å². The SMILES string of the molecule is CC(COS(=O)O)P(c1ccccc1)c1ccccc1. The Morgan fingerprint density at radius 2 is 1.50 bits per heavy atom. The summed E-state index contributed by atoms with van der Waals surface area (Å²) in [5, 5.41) is 2.49. The molecule has 5 heteroatoms. The van der Waals surface area contributed by atoms with Crippen molar-refractivity contribution in [1.82, 2.24) is 0 Å². The van der Waals surface area contributed by atoms with Crippen LogP contribution in [0.1, 0.15) is 6.92 Å². The maximum atomic E-state index is 10.7. The highest BCUT2D eigenvalue weighted by Gasteiger charge is 2.21. The molecule has 0 aromatic heterocycles. The molecule has 1 N–H and O–H groups in total. The van der Waals surface area contributed by atoms with Gasteiger partial charge in [0.1, 0.15) is 0 Å². The molecule has 0 saturated heterocycles. The second-order valence-electron chi connectivity index (χ2n) is 4.39. The van der Waals surface area contributed by atoms with Crippen LogP contribution in [-0.2, 0) is 15.5 Å². The molecule has 2 unspecified atom stereocenters. The van der Waals surface area contributed by atoms with Gasteiger partial charge in [-0.3, -0.25) is 8.74 Å². The Labute approximate surface area is 123 Å². The van der Waals surface area contributed by atoms with E-state index in [4.69, 9.17) is 8.74 Å². The lowest BCUT2D eigenvalue weighted by Gasteiger charge is -2.24. The van der Waals surface area contributed by atoms with Crippen LogP contribution in [0.25, 0.3) is 0 Å². The van der Waals surface area contributed by atoms with E-state index in [0.717, 1.165) is 0 Å². The largest absolute Gasteiger partial charge is 0.301 e. The van der Waals surface area contributed by atoms with Crippen molar-refractivity contribution in [2.45, 2.75) is 12.6 Å². The quantitative estimate of drug-likeness (QED) is 0.659. The topological polar surface area (TPSA) is 46.5 Å². The summed E-state index contributed by atoms with van der Waals surface area (Å²) in [7, 11) is -0.613. The molecule has 0 spiro atoms. The zero-order valence-electron chi connectivity index (χ0n) is 11.2. The molecular formula is C15H17O3PS. The minimum atomic E-state index is -2.21. The van der Waals surface area contributed by atoms with Crippen molar-refractivity contribution in [3.63, 3.8) is 0 Å². The van der Waals surface area contributed by atoms with Gasteiger partial charge in [-0.15, -0.1) is 0 Å². The van der Waals surface area contributed by atoms with Crippen molar-refractivity contribution in [1.29, 1.82) is 0 Å². The van der Waals surface area contributed by atoms with Crippen LogP contribution >= 0.6 is 7.92 Å². The van der Waals surface area contributed by atoms with Crippen LogP contribution in [-0.4, -0.2) is 21.0 Å². The molecule has 0 aliphatic carbocycles. The van der Waals surface area contributed by atoms with Crippen molar-refractivity contribution in [3.8, 4) is 0 Å². The first-order chi connectivity index (χ1) is 9.68. The third-order valence-corrected chi connectivity index (χ3v) is 6.00. The monoisotopic (exact) mass is 308 g/mol. The van der Waals surface area contributed by atoms with E-state index in [-0.39, 0.29) is 12.3 Å². The lowest BCUT2D eigenvalue weighted by molar-refractivity contribution is 0.310. The van der Waals surface area contributed by atoms with Crippen LogP contribution in [0.3, 0.4) is 0 Å². The van der Waals surface area contributed by atoms with Crippen molar-refractivity contribution in [3.05, 3.63) is 60.7 Å². The fourth-order valence-electron chi connectivity index (χ4n) is 2.07. The van der Waals surface area contributed by atoms with E-state index in [1.807, 2.05) is 36.4 Å². The molecule has 106 valence electrons. The highest BCUT2D eigenvalue weighted by molar-refractivity contribution is 7.74. The lowest BCUT2D eigenvalue weighted by Crippen LogP contribution is -2.23. The van der Waals surface area contributed by atoms with E-state index in [1.165, 1.54) is 10.6 Å². The van der Waals surface area contributed by atoms with E-state index < -0.39 is 19.3 Å². The third-order valence-electron chi connectivity index (χ3n) is 2.92. The molecule has 0 fully saturated rings. The summed E-state index contributed by atoms with van der Waals surface area (Å²) < 4.78 is 24.3. The van der Waals surface area contributed by atoms with Crippen molar-refractivity contribution >= 4 is 29.9 Å². The summed E-state index contributed by atoms with van der Waals surface area (Å²) in [6, 6.07) is 20.5. The maximum absolute atomic E-state index is 10.7. The Morgan fingerprint density at radius 3 is 1.90 bits per heavy atom. The zero-order valence-corrected chi connectivity index (χ0v) is 12.9. The van der Waals surface area contributed by atoms with Crippen LogP contribution in [0.2, 0.25) is 0 Å².